The molecule has 0 saturated carbocycles. The zero-order chi connectivity index (χ0) is 43.3. The van der Waals surface area contributed by atoms with Crippen molar-refractivity contribution in [2.24, 2.45) is 0 Å². The Morgan fingerprint density at radius 1 is 0.348 bits per heavy atom. The molecule has 2 aromatic heterocycles. The van der Waals surface area contributed by atoms with E-state index in [4.69, 9.17) is 4.42 Å². The van der Waals surface area contributed by atoms with Gasteiger partial charge in [0.1, 0.15) is 5.58 Å². The first kappa shape index (κ1) is 37.2. The summed E-state index contributed by atoms with van der Waals surface area (Å²) in [7, 11) is 0. The molecular formula is C63H39NOS. The third-order valence-electron chi connectivity index (χ3n) is 14.1. The second-order valence-corrected chi connectivity index (χ2v) is 18.5. The molecule has 0 radical (unpaired) electrons. The molecule has 0 saturated heterocycles. The van der Waals surface area contributed by atoms with Gasteiger partial charge in [-0.05, 0) is 97.1 Å². The van der Waals surface area contributed by atoms with Gasteiger partial charge in [0.25, 0.3) is 0 Å². The van der Waals surface area contributed by atoms with Gasteiger partial charge in [0.15, 0.2) is 5.58 Å². The van der Waals surface area contributed by atoms with Gasteiger partial charge in [-0.3, -0.25) is 0 Å². The van der Waals surface area contributed by atoms with Crippen molar-refractivity contribution in [3.8, 4) is 22.3 Å². The molecule has 308 valence electrons. The zero-order valence-electron chi connectivity index (χ0n) is 35.8. The Kier molecular flexibility index (Phi) is 8.10. The number of rotatable bonds is 6. The van der Waals surface area contributed by atoms with E-state index in [0.29, 0.717) is 0 Å². The van der Waals surface area contributed by atoms with E-state index in [-0.39, 0.29) is 0 Å². The quantitative estimate of drug-likeness (QED) is 0.166. The predicted molar refractivity (Wildman–Crippen MR) is 279 cm³/mol. The van der Waals surface area contributed by atoms with E-state index in [1.807, 2.05) is 11.3 Å². The van der Waals surface area contributed by atoms with Gasteiger partial charge in [0.05, 0.1) is 11.1 Å². The first-order valence-corrected chi connectivity index (χ1v) is 23.5. The predicted octanol–water partition coefficient (Wildman–Crippen LogP) is 17.8. The Balaban J connectivity index is 0.990. The average Bonchev–Trinajstić information content (AvgIpc) is 4.07. The lowest BCUT2D eigenvalue weighted by molar-refractivity contribution is 0.673. The molecule has 0 aliphatic heterocycles. The lowest BCUT2D eigenvalue weighted by Crippen LogP contribution is -2.28. The minimum atomic E-state index is -0.487. The van der Waals surface area contributed by atoms with Crippen LogP contribution in [0.2, 0.25) is 0 Å². The van der Waals surface area contributed by atoms with Crippen LogP contribution >= 0.6 is 11.3 Å². The molecule has 0 amide bonds. The number of para-hydroxylation sites is 1. The van der Waals surface area contributed by atoms with Crippen LogP contribution in [-0.4, -0.2) is 0 Å². The second-order valence-electron chi connectivity index (χ2n) is 17.5. The lowest BCUT2D eigenvalue weighted by atomic mass is 9.68. The maximum absolute atomic E-state index is 7.08. The molecule has 14 rings (SSSR count). The highest BCUT2D eigenvalue weighted by Crippen LogP contribution is 2.57. The van der Waals surface area contributed by atoms with Crippen LogP contribution in [0.25, 0.3) is 85.9 Å². The second kappa shape index (κ2) is 14.4. The third-order valence-corrected chi connectivity index (χ3v) is 15.4. The van der Waals surface area contributed by atoms with Crippen LogP contribution in [0.5, 0.6) is 0 Å². The fraction of sp³-hybridized carbons (Fsp3) is 0.0159. The Morgan fingerprint density at radius 2 is 0.909 bits per heavy atom. The van der Waals surface area contributed by atoms with Crippen LogP contribution in [-0.2, 0) is 5.41 Å². The molecule has 1 aliphatic carbocycles. The molecule has 0 N–H and O–H groups in total. The highest BCUT2D eigenvalue weighted by Gasteiger charge is 2.46. The highest BCUT2D eigenvalue weighted by atomic mass is 32.1. The van der Waals surface area contributed by atoms with E-state index < -0.39 is 5.41 Å². The molecule has 1 aliphatic rings. The summed E-state index contributed by atoms with van der Waals surface area (Å²) in [6.45, 7) is 0. The normalized spacial score (nSPS) is 13.0. The minimum Gasteiger partial charge on any atom is -0.453 e. The van der Waals surface area contributed by atoms with Crippen molar-refractivity contribution in [1.29, 1.82) is 0 Å². The molecule has 0 fully saturated rings. The van der Waals surface area contributed by atoms with Crippen molar-refractivity contribution in [3.05, 3.63) is 259 Å². The summed E-state index contributed by atoms with van der Waals surface area (Å²) >= 11 is 1.90. The van der Waals surface area contributed by atoms with Crippen molar-refractivity contribution in [2.75, 3.05) is 4.90 Å². The number of hydrogen-bond acceptors (Lipinski definition) is 3. The maximum Gasteiger partial charge on any atom is 0.159 e. The van der Waals surface area contributed by atoms with Crippen LogP contribution < -0.4 is 4.90 Å². The van der Waals surface area contributed by atoms with Crippen molar-refractivity contribution >= 4 is 92.1 Å². The fourth-order valence-electron chi connectivity index (χ4n) is 11.2. The van der Waals surface area contributed by atoms with Gasteiger partial charge >= 0.3 is 0 Å². The average molecular weight is 858 g/mol. The molecule has 13 aromatic rings. The zero-order valence-corrected chi connectivity index (χ0v) is 36.6. The molecule has 2 nitrogen and oxygen atoms in total. The molecule has 11 aromatic carbocycles. The van der Waals surface area contributed by atoms with Crippen LogP contribution in [0.1, 0.15) is 22.3 Å². The lowest BCUT2D eigenvalue weighted by Gasteiger charge is -2.34. The summed E-state index contributed by atoms with van der Waals surface area (Å²) in [5, 5.41) is 9.68. The first-order valence-electron chi connectivity index (χ1n) is 22.7. The maximum atomic E-state index is 7.08. The monoisotopic (exact) mass is 857 g/mol. The molecule has 0 atom stereocenters. The highest BCUT2D eigenvalue weighted by molar-refractivity contribution is 7.27. The third kappa shape index (κ3) is 5.29. The molecule has 3 heteroatoms. The Bertz CT molecular complexity index is 4010. The molecular weight excluding hydrogens is 819 g/mol. The van der Waals surface area contributed by atoms with E-state index >= 15 is 0 Å². The van der Waals surface area contributed by atoms with Gasteiger partial charge in [0, 0.05) is 47.7 Å². The van der Waals surface area contributed by atoms with Crippen molar-refractivity contribution in [1.82, 2.24) is 0 Å². The SMILES string of the molecule is c1ccc(C2(c3ccccc3)c3ccccc3-c3cc(N(c4ccc(-c5cccc6c5sc5c7ccccc7ccc65)cc4)c4cccc5c4oc4c6ccccc6ccc54)ccc32)cc1. The number of anilines is 3. The summed E-state index contributed by atoms with van der Waals surface area (Å²) in [5.74, 6) is 0. The number of benzene rings is 11. The minimum absolute atomic E-state index is 0.487. The van der Waals surface area contributed by atoms with Crippen LogP contribution in [0.4, 0.5) is 17.1 Å². The van der Waals surface area contributed by atoms with Gasteiger partial charge in [-0.15, -0.1) is 11.3 Å². The summed E-state index contributed by atoms with van der Waals surface area (Å²) in [6, 6.07) is 86.8. The standard InChI is InChI=1S/C63H39NOS/c1-3-17-43(18-4-1)63(44-19-5-2-6-20-44)56-27-12-11-23-50(56)55-39-46(35-38-57(55)63)64(58-28-14-25-51-52-36-31-40-15-7-9-21-47(40)59(52)65-60(51)58)45-33-29-42(30-34-45)49-24-13-26-53-54-37-32-41-16-8-10-22-48(41)62(54)66-61(49)53/h1-39H. The molecule has 0 bridgehead atoms. The van der Waals surface area contributed by atoms with E-state index in [1.165, 1.54) is 75.5 Å². The number of nitrogens with zero attached hydrogens (tertiary/aromatic N) is 1. The van der Waals surface area contributed by atoms with Crippen LogP contribution in [0, 0.1) is 0 Å². The van der Waals surface area contributed by atoms with Gasteiger partial charge in [-0.25, -0.2) is 0 Å². The molecule has 66 heavy (non-hydrogen) atoms. The molecule has 0 spiro atoms. The van der Waals surface area contributed by atoms with Gasteiger partial charge in [0.2, 0.25) is 0 Å². The van der Waals surface area contributed by atoms with Gasteiger partial charge in [-0.1, -0.05) is 200 Å². The van der Waals surface area contributed by atoms with Crippen molar-refractivity contribution < 1.29 is 4.42 Å². The van der Waals surface area contributed by atoms with E-state index in [9.17, 15) is 0 Å². The summed E-state index contributed by atoms with van der Waals surface area (Å²) in [5.41, 5.74) is 14.4. The first-order chi connectivity index (χ1) is 32.7. The van der Waals surface area contributed by atoms with E-state index in [2.05, 4.69) is 241 Å². The van der Waals surface area contributed by atoms with E-state index in [1.54, 1.807) is 0 Å². The van der Waals surface area contributed by atoms with E-state index in [0.717, 1.165) is 49.8 Å². The van der Waals surface area contributed by atoms with Crippen LogP contribution in [0.3, 0.4) is 0 Å². The largest absolute Gasteiger partial charge is 0.453 e. The van der Waals surface area contributed by atoms with Crippen molar-refractivity contribution in [2.45, 2.75) is 5.41 Å². The Labute approximate surface area is 385 Å². The summed E-state index contributed by atoms with van der Waals surface area (Å²) < 4.78 is 9.73. The summed E-state index contributed by atoms with van der Waals surface area (Å²) in [4.78, 5) is 2.40. The topological polar surface area (TPSA) is 16.4 Å². The fourth-order valence-corrected chi connectivity index (χ4v) is 12.6. The van der Waals surface area contributed by atoms with Gasteiger partial charge < -0.3 is 9.32 Å². The molecule has 0 unspecified atom stereocenters. The number of furan rings is 1. The Hall–Kier alpha value is -8.24. The van der Waals surface area contributed by atoms with Gasteiger partial charge in [-0.2, -0.15) is 0 Å². The smallest absolute Gasteiger partial charge is 0.159 e. The molecule has 2 heterocycles. The number of fused-ring (bicyclic) bond motifs is 13. The van der Waals surface area contributed by atoms with Crippen molar-refractivity contribution in [3.63, 3.8) is 0 Å². The Morgan fingerprint density at radius 3 is 1.70 bits per heavy atom. The number of thiophene rings is 1. The summed E-state index contributed by atoms with van der Waals surface area (Å²) in [6.07, 6.45) is 0. The van der Waals surface area contributed by atoms with Crippen LogP contribution in [0.15, 0.2) is 241 Å². The number of hydrogen-bond donors (Lipinski definition) is 0.